The third-order valence-electron chi connectivity index (χ3n) is 7.53. The number of aromatic hydroxyl groups is 3. The Labute approximate surface area is 241 Å². The summed E-state index contributed by atoms with van der Waals surface area (Å²) in [5, 5.41) is 113. The second-order valence-electron chi connectivity index (χ2n) is 10.2. The molecule has 0 radical (unpaired) electrons. The summed E-state index contributed by atoms with van der Waals surface area (Å²) in [6.07, 6.45) is -18.2. The van der Waals surface area contributed by atoms with Crippen LogP contribution in [0.1, 0.15) is 11.7 Å². The maximum Gasteiger partial charge on any atom is 0.229 e. The van der Waals surface area contributed by atoms with Crippen LogP contribution in [0.4, 0.5) is 0 Å². The van der Waals surface area contributed by atoms with E-state index in [1.165, 1.54) is 24.3 Å². The normalized spacial score (nSPS) is 33.0. The van der Waals surface area contributed by atoms with Gasteiger partial charge in [0, 0.05) is 11.6 Å². The molecule has 2 fully saturated rings. The van der Waals surface area contributed by atoms with Crippen molar-refractivity contribution < 1.29 is 74.8 Å². The first kappa shape index (κ1) is 30.9. The smallest absolute Gasteiger partial charge is 0.229 e. The highest BCUT2D eigenvalue weighted by molar-refractivity contribution is 5.93. The Morgan fingerprint density at radius 2 is 1.30 bits per heavy atom. The van der Waals surface area contributed by atoms with Crippen LogP contribution in [-0.4, -0.2) is 125 Å². The summed E-state index contributed by atoms with van der Waals surface area (Å²) >= 11 is 0. The molecule has 16 nitrogen and oxygen atoms in total. The number of aliphatic hydroxyl groups is 8. The van der Waals surface area contributed by atoms with E-state index >= 15 is 0 Å². The molecule has 3 aromatic rings. The summed E-state index contributed by atoms with van der Waals surface area (Å²) in [6, 6.07) is 6.33. The van der Waals surface area contributed by atoms with Gasteiger partial charge in [0.25, 0.3) is 0 Å². The number of benzene rings is 2. The fourth-order valence-electron chi connectivity index (χ4n) is 5.13. The van der Waals surface area contributed by atoms with Crippen LogP contribution in [0.2, 0.25) is 0 Å². The highest BCUT2D eigenvalue weighted by Crippen LogP contribution is 2.51. The zero-order valence-electron chi connectivity index (χ0n) is 22.0. The number of hydrogen-bond donors (Lipinski definition) is 11. The summed E-state index contributed by atoms with van der Waals surface area (Å²) < 4.78 is 22.2. The molecule has 234 valence electrons. The SMILES string of the molecule is O=c1cc(-c2ccc(O)cc2)oc2c([C@@H]3O[C@H](CO)[C@@H](O)[C@@H](O)[C@H]3O)c(O)c(O[C@H]3O[C@H](CO)[C@H](O)[C@@H](O)[C@H]3O)c(O)c12. The Bertz CT molecular complexity index is 1520. The first-order valence-electron chi connectivity index (χ1n) is 13.0. The van der Waals surface area contributed by atoms with E-state index in [-0.39, 0.29) is 17.1 Å². The maximum atomic E-state index is 13.4. The molecule has 0 spiro atoms. The minimum atomic E-state index is -2.01. The zero-order valence-corrected chi connectivity index (χ0v) is 22.0. The van der Waals surface area contributed by atoms with Gasteiger partial charge in [0.1, 0.15) is 71.8 Å². The van der Waals surface area contributed by atoms with Crippen LogP contribution in [0.3, 0.4) is 0 Å². The third kappa shape index (κ3) is 5.27. The van der Waals surface area contributed by atoms with E-state index in [0.717, 1.165) is 6.07 Å². The fraction of sp³-hybridized carbons (Fsp3) is 0.444. The molecular weight excluding hydrogens is 580 g/mol. The summed E-state index contributed by atoms with van der Waals surface area (Å²) in [6.45, 7) is -1.69. The lowest BCUT2D eigenvalue weighted by Crippen LogP contribution is -2.60. The predicted molar refractivity (Wildman–Crippen MR) is 140 cm³/mol. The minimum Gasteiger partial charge on any atom is -0.508 e. The van der Waals surface area contributed by atoms with E-state index in [1.54, 1.807) is 0 Å². The first-order valence-corrected chi connectivity index (χ1v) is 13.0. The molecule has 2 aliphatic heterocycles. The van der Waals surface area contributed by atoms with Gasteiger partial charge in [0.05, 0.1) is 18.8 Å². The van der Waals surface area contributed by atoms with Gasteiger partial charge in [-0.25, -0.2) is 0 Å². The largest absolute Gasteiger partial charge is 0.508 e. The highest BCUT2D eigenvalue weighted by atomic mass is 16.7. The number of aliphatic hydroxyl groups excluding tert-OH is 8. The van der Waals surface area contributed by atoms with Crippen molar-refractivity contribution in [2.45, 2.75) is 61.2 Å². The molecule has 5 rings (SSSR count). The van der Waals surface area contributed by atoms with Crippen molar-refractivity contribution in [1.29, 1.82) is 0 Å². The van der Waals surface area contributed by atoms with E-state index in [4.69, 9.17) is 18.6 Å². The number of fused-ring (bicyclic) bond motifs is 1. The van der Waals surface area contributed by atoms with Crippen molar-refractivity contribution in [3.63, 3.8) is 0 Å². The lowest BCUT2D eigenvalue weighted by atomic mass is 9.89. The van der Waals surface area contributed by atoms with Crippen molar-refractivity contribution in [2.24, 2.45) is 0 Å². The molecule has 2 aromatic carbocycles. The Morgan fingerprint density at radius 1 is 0.721 bits per heavy atom. The molecular formula is C27H30O16. The van der Waals surface area contributed by atoms with Gasteiger partial charge in [-0.2, -0.15) is 0 Å². The number of ether oxygens (including phenoxy) is 3. The van der Waals surface area contributed by atoms with E-state index in [9.17, 15) is 61.0 Å². The van der Waals surface area contributed by atoms with E-state index < -0.39 is 114 Å². The Hall–Kier alpha value is -3.55. The number of hydrogen-bond acceptors (Lipinski definition) is 16. The molecule has 0 amide bonds. The molecule has 2 saturated heterocycles. The van der Waals surface area contributed by atoms with Gasteiger partial charge in [-0.3, -0.25) is 4.79 Å². The second kappa shape index (κ2) is 11.9. The van der Waals surface area contributed by atoms with Crippen LogP contribution in [0.25, 0.3) is 22.3 Å². The molecule has 11 N–H and O–H groups in total. The monoisotopic (exact) mass is 610 g/mol. The number of phenols is 3. The fourth-order valence-corrected chi connectivity index (χ4v) is 5.13. The van der Waals surface area contributed by atoms with Crippen LogP contribution in [0.15, 0.2) is 39.5 Å². The Balaban J connectivity index is 1.73. The van der Waals surface area contributed by atoms with Crippen molar-refractivity contribution in [3.8, 4) is 34.3 Å². The van der Waals surface area contributed by atoms with Gasteiger partial charge in [-0.05, 0) is 24.3 Å². The summed E-state index contributed by atoms with van der Waals surface area (Å²) in [7, 11) is 0. The van der Waals surface area contributed by atoms with Gasteiger partial charge in [0.15, 0.2) is 22.5 Å². The van der Waals surface area contributed by atoms with E-state index in [0.29, 0.717) is 0 Å². The maximum absolute atomic E-state index is 13.4. The van der Waals surface area contributed by atoms with Gasteiger partial charge < -0.3 is 74.8 Å². The molecule has 2 aliphatic rings. The predicted octanol–water partition coefficient (Wildman–Crippen LogP) is -2.73. The van der Waals surface area contributed by atoms with Crippen LogP contribution < -0.4 is 10.2 Å². The van der Waals surface area contributed by atoms with Crippen LogP contribution in [0, 0.1) is 0 Å². The number of rotatable bonds is 6. The van der Waals surface area contributed by atoms with Crippen LogP contribution >= 0.6 is 0 Å². The molecule has 0 aliphatic carbocycles. The van der Waals surface area contributed by atoms with Crippen molar-refractivity contribution in [1.82, 2.24) is 0 Å². The third-order valence-corrected chi connectivity index (χ3v) is 7.53. The number of phenolic OH excluding ortho intramolecular Hbond substituents is 3. The van der Waals surface area contributed by atoms with Crippen molar-refractivity contribution >= 4 is 11.0 Å². The molecule has 1 aromatic heterocycles. The van der Waals surface area contributed by atoms with Crippen molar-refractivity contribution in [2.75, 3.05) is 13.2 Å². The molecule has 0 bridgehead atoms. The Morgan fingerprint density at radius 3 is 1.91 bits per heavy atom. The van der Waals surface area contributed by atoms with E-state index in [2.05, 4.69) is 0 Å². The first-order chi connectivity index (χ1) is 20.4. The quantitative estimate of drug-likeness (QED) is 0.135. The average Bonchev–Trinajstić information content (AvgIpc) is 2.99. The molecule has 0 saturated carbocycles. The summed E-state index contributed by atoms with van der Waals surface area (Å²) in [5.74, 6) is -3.31. The average molecular weight is 611 g/mol. The molecule has 3 heterocycles. The van der Waals surface area contributed by atoms with Gasteiger partial charge in [-0.15, -0.1) is 0 Å². The van der Waals surface area contributed by atoms with Crippen LogP contribution in [0.5, 0.6) is 23.0 Å². The second-order valence-corrected chi connectivity index (χ2v) is 10.2. The molecule has 43 heavy (non-hydrogen) atoms. The van der Waals surface area contributed by atoms with Crippen LogP contribution in [-0.2, 0) is 9.47 Å². The Kier molecular flexibility index (Phi) is 8.52. The lowest BCUT2D eigenvalue weighted by Gasteiger charge is -2.41. The minimum absolute atomic E-state index is 0.0980. The molecule has 10 atom stereocenters. The standard InChI is InChI=1S/C27H30O16/c28-6-12-16(32)20(36)22(38)25(41-12)15-19(35)26(43-27-23(39)21(37)17(33)13(7-29)42-27)18(34)14-10(31)5-11(40-24(14)15)8-1-3-9(30)4-2-8/h1-5,12-13,16-17,20-23,25,27-30,32-39H,6-7H2/t12-,13-,16-,17+,20-,21-,22-,23-,25+,27-/m1/s1. The zero-order chi connectivity index (χ0) is 31.3. The topological polar surface area (TPSA) is 280 Å². The lowest BCUT2D eigenvalue weighted by molar-refractivity contribution is -0.277. The summed E-state index contributed by atoms with van der Waals surface area (Å²) in [4.78, 5) is 13.4. The van der Waals surface area contributed by atoms with E-state index in [1.807, 2.05) is 0 Å². The molecule has 0 unspecified atom stereocenters. The van der Waals surface area contributed by atoms with Crippen molar-refractivity contribution in [3.05, 3.63) is 46.1 Å². The highest BCUT2D eigenvalue weighted by Gasteiger charge is 2.48. The van der Waals surface area contributed by atoms with Gasteiger partial charge in [-0.1, -0.05) is 0 Å². The summed E-state index contributed by atoms with van der Waals surface area (Å²) in [5.41, 5.74) is -1.83. The molecule has 16 heteroatoms. The van der Waals surface area contributed by atoms with Gasteiger partial charge in [0.2, 0.25) is 12.0 Å². The van der Waals surface area contributed by atoms with Gasteiger partial charge >= 0.3 is 0 Å².